The van der Waals surface area contributed by atoms with Gasteiger partial charge in [0.2, 0.25) is 0 Å². The van der Waals surface area contributed by atoms with Crippen LogP contribution in [0.15, 0.2) is 64.6 Å². The van der Waals surface area contributed by atoms with Gasteiger partial charge in [-0.15, -0.1) is 13.2 Å². The highest BCUT2D eigenvalue weighted by atomic mass is 35.5. The van der Waals surface area contributed by atoms with E-state index in [2.05, 4.69) is 4.74 Å². The van der Waals surface area contributed by atoms with E-state index in [9.17, 15) is 27.9 Å². The number of aliphatic hydroxyl groups excluding tert-OH is 1. The summed E-state index contributed by atoms with van der Waals surface area (Å²) in [5, 5.41) is 11.2. The highest BCUT2D eigenvalue weighted by Crippen LogP contribution is 2.44. The number of methoxy groups -OCH3 is 1. The number of aliphatic hydroxyl groups is 1. The number of benzene rings is 2. The first kappa shape index (κ1) is 24.2. The lowest BCUT2D eigenvalue weighted by molar-refractivity contribution is -0.274. The van der Waals surface area contributed by atoms with Gasteiger partial charge in [0, 0.05) is 17.3 Å². The average molecular weight is 508 g/mol. The number of carbonyl (C=O) groups excluding carboxylic acids is 2. The molecule has 1 fully saturated rings. The molecule has 3 aromatic rings. The molecule has 0 saturated carbocycles. The number of rotatable bonds is 5. The number of Topliss-reactive ketones (excluding diaryl/α,β-unsaturated/α-hetero) is 1. The summed E-state index contributed by atoms with van der Waals surface area (Å²) in [4.78, 5) is 27.1. The topological polar surface area (TPSA) is 89.2 Å². The van der Waals surface area contributed by atoms with E-state index in [-0.39, 0.29) is 27.6 Å². The van der Waals surface area contributed by atoms with Crippen LogP contribution < -0.4 is 14.4 Å². The van der Waals surface area contributed by atoms with Crippen molar-refractivity contribution in [1.29, 1.82) is 0 Å². The zero-order valence-corrected chi connectivity index (χ0v) is 19.0. The maximum atomic E-state index is 13.1. The summed E-state index contributed by atoms with van der Waals surface area (Å²) < 4.78 is 52.9. The first-order valence-corrected chi connectivity index (χ1v) is 10.4. The van der Waals surface area contributed by atoms with Crippen LogP contribution in [0.25, 0.3) is 5.76 Å². The van der Waals surface area contributed by atoms with Crippen LogP contribution in [0.1, 0.15) is 23.1 Å². The summed E-state index contributed by atoms with van der Waals surface area (Å²) >= 11 is 6.15. The molecule has 0 radical (unpaired) electrons. The third-order valence-corrected chi connectivity index (χ3v) is 5.53. The summed E-state index contributed by atoms with van der Waals surface area (Å²) in [7, 11) is 1.40. The first-order chi connectivity index (χ1) is 16.5. The van der Waals surface area contributed by atoms with Gasteiger partial charge in [-0.2, -0.15) is 0 Å². The predicted octanol–water partition coefficient (Wildman–Crippen LogP) is 5.77. The standard InChI is InChI=1S/C24H17ClF3NO6/c1-12-6-8-18(34-12)20-19(21(30)13-7-9-17(33-2)16(25)10-13)22(31)23(32)29(20)14-4-3-5-15(11-14)35-24(26,27)28/h3-11,20,30H,1-2H3/b21-19-. The fourth-order valence-corrected chi connectivity index (χ4v) is 4.03. The second-order valence-electron chi connectivity index (χ2n) is 7.51. The Morgan fingerprint density at radius 2 is 1.86 bits per heavy atom. The van der Waals surface area contributed by atoms with Crippen LogP contribution >= 0.6 is 11.6 Å². The highest BCUT2D eigenvalue weighted by Gasteiger charge is 2.48. The number of alkyl halides is 3. The van der Waals surface area contributed by atoms with Crippen LogP contribution in [-0.4, -0.2) is 30.3 Å². The Labute approximate surface area is 201 Å². The van der Waals surface area contributed by atoms with Crippen molar-refractivity contribution in [2.45, 2.75) is 19.3 Å². The Kier molecular flexibility index (Phi) is 6.25. The molecule has 1 amide bonds. The molecule has 2 heterocycles. The molecule has 11 heteroatoms. The van der Waals surface area contributed by atoms with Gasteiger partial charge in [-0.25, -0.2) is 0 Å². The predicted molar refractivity (Wildman–Crippen MR) is 119 cm³/mol. The Bertz CT molecular complexity index is 1350. The van der Waals surface area contributed by atoms with Gasteiger partial charge < -0.3 is 19.0 Å². The van der Waals surface area contributed by atoms with Crippen LogP contribution in [0, 0.1) is 6.92 Å². The molecule has 1 unspecified atom stereocenters. The van der Waals surface area contributed by atoms with Crippen molar-refractivity contribution in [2.24, 2.45) is 0 Å². The fourth-order valence-electron chi connectivity index (χ4n) is 3.77. The third kappa shape index (κ3) is 4.69. The van der Waals surface area contributed by atoms with Crippen molar-refractivity contribution in [3.05, 3.63) is 82.3 Å². The molecule has 182 valence electrons. The summed E-state index contributed by atoms with van der Waals surface area (Å²) in [5.41, 5.74) is -0.274. The molecular weight excluding hydrogens is 491 g/mol. The van der Waals surface area contributed by atoms with Gasteiger partial charge in [-0.05, 0) is 49.4 Å². The molecule has 1 N–H and O–H groups in total. The van der Waals surface area contributed by atoms with E-state index in [1.807, 2.05) is 0 Å². The molecule has 2 aromatic carbocycles. The minimum Gasteiger partial charge on any atom is -0.507 e. The van der Waals surface area contributed by atoms with E-state index in [4.69, 9.17) is 20.8 Å². The molecule has 1 aliphatic rings. The maximum absolute atomic E-state index is 13.1. The zero-order chi connectivity index (χ0) is 25.5. The molecule has 7 nitrogen and oxygen atoms in total. The Hall–Kier alpha value is -3.92. The Morgan fingerprint density at radius 1 is 1.11 bits per heavy atom. The van der Waals surface area contributed by atoms with Crippen LogP contribution in [0.5, 0.6) is 11.5 Å². The van der Waals surface area contributed by atoms with E-state index in [1.54, 1.807) is 13.0 Å². The third-order valence-electron chi connectivity index (χ3n) is 5.23. The van der Waals surface area contributed by atoms with Crippen molar-refractivity contribution < 1.29 is 41.8 Å². The van der Waals surface area contributed by atoms with Crippen molar-refractivity contribution in [3.63, 3.8) is 0 Å². The lowest BCUT2D eigenvalue weighted by Gasteiger charge is -2.24. The molecule has 0 spiro atoms. The van der Waals surface area contributed by atoms with Crippen LogP contribution in [0.4, 0.5) is 18.9 Å². The van der Waals surface area contributed by atoms with E-state index in [0.717, 1.165) is 17.0 Å². The van der Waals surface area contributed by atoms with Crippen molar-refractivity contribution >= 4 is 34.7 Å². The molecule has 1 saturated heterocycles. The van der Waals surface area contributed by atoms with Gasteiger partial charge >= 0.3 is 6.36 Å². The first-order valence-electron chi connectivity index (χ1n) is 10.1. The highest BCUT2D eigenvalue weighted by molar-refractivity contribution is 6.51. The normalized spacial score (nSPS) is 17.7. The molecule has 0 aliphatic carbocycles. The average Bonchev–Trinajstić information content (AvgIpc) is 3.33. The van der Waals surface area contributed by atoms with E-state index >= 15 is 0 Å². The molecule has 1 aliphatic heterocycles. The number of carbonyl (C=O) groups is 2. The van der Waals surface area contributed by atoms with Crippen LogP contribution in [0.2, 0.25) is 5.02 Å². The Balaban J connectivity index is 1.88. The fraction of sp³-hybridized carbons (Fsp3) is 0.167. The summed E-state index contributed by atoms with van der Waals surface area (Å²) in [6.07, 6.45) is -4.96. The van der Waals surface area contributed by atoms with Crippen LogP contribution in [-0.2, 0) is 9.59 Å². The molecule has 0 bridgehead atoms. The largest absolute Gasteiger partial charge is 0.573 e. The number of hydrogen-bond donors (Lipinski definition) is 1. The minimum absolute atomic E-state index is 0.0697. The van der Waals surface area contributed by atoms with Crippen molar-refractivity contribution in [1.82, 2.24) is 0 Å². The van der Waals surface area contributed by atoms with Gasteiger partial charge in [0.25, 0.3) is 11.7 Å². The van der Waals surface area contributed by atoms with E-state index < -0.39 is 35.6 Å². The summed E-state index contributed by atoms with van der Waals surface area (Å²) in [6, 6.07) is 10.7. The number of ether oxygens (including phenoxy) is 2. The van der Waals surface area contributed by atoms with Gasteiger partial charge in [-0.3, -0.25) is 14.5 Å². The molecule has 1 aromatic heterocycles. The SMILES string of the molecule is COc1ccc(/C(O)=C2/C(=O)C(=O)N(c3cccc(OC(F)(F)F)c3)C2c2ccc(C)o2)cc1Cl. The number of hydrogen-bond acceptors (Lipinski definition) is 6. The lowest BCUT2D eigenvalue weighted by atomic mass is 9.99. The van der Waals surface area contributed by atoms with E-state index in [0.29, 0.717) is 11.5 Å². The monoisotopic (exact) mass is 507 g/mol. The smallest absolute Gasteiger partial charge is 0.507 e. The second-order valence-corrected chi connectivity index (χ2v) is 7.92. The molecule has 4 rings (SSSR count). The molecular formula is C24H17ClF3NO6. The number of aryl methyl sites for hydroxylation is 1. The van der Waals surface area contributed by atoms with Gasteiger partial charge in [0.15, 0.2) is 0 Å². The van der Waals surface area contributed by atoms with Crippen molar-refractivity contribution in [2.75, 3.05) is 12.0 Å². The van der Waals surface area contributed by atoms with E-state index in [1.165, 1.54) is 43.5 Å². The second kappa shape index (κ2) is 9.03. The number of nitrogens with zero attached hydrogens (tertiary/aromatic N) is 1. The number of anilines is 1. The summed E-state index contributed by atoms with van der Waals surface area (Å²) in [5.74, 6) is -2.38. The number of ketones is 1. The summed E-state index contributed by atoms with van der Waals surface area (Å²) in [6.45, 7) is 1.64. The maximum Gasteiger partial charge on any atom is 0.573 e. The molecule has 35 heavy (non-hydrogen) atoms. The van der Waals surface area contributed by atoms with Crippen LogP contribution in [0.3, 0.4) is 0 Å². The van der Waals surface area contributed by atoms with Gasteiger partial charge in [0.1, 0.15) is 34.8 Å². The zero-order valence-electron chi connectivity index (χ0n) is 18.2. The van der Waals surface area contributed by atoms with Gasteiger partial charge in [0.05, 0.1) is 17.7 Å². The number of furan rings is 1. The molecule has 1 atom stereocenters. The quantitative estimate of drug-likeness (QED) is 0.268. The lowest BCUT2D eigenvalue weighted by Crippen LogP contribution is -2.29. The number of halogens is 4. The van der Waals surface area contributed by atoms with Gasteiger partial charge in [-0.1, -0.05) is 17.7 Å². The number of amides is 1. The minimum atomic E-state index is -4.96. The van der Waals surface area contributed by atoms with Crippen molar-refractivity contribution in [3.8, 4) is 11.5 Å². The Morgan fingerprint density at radius 3 is 2.46 bits per heavy atom.